The van der Waals surface area contributed by atoms with Crippen molar-refractivity contribution >= 4 is 57.8 Å². The van der Waals surface area contributed by atoms with Gasteiger partial charge in [0, 0.05) is 46.0 Å². The van der Waals surface area contributed by atoms with Crippen molar-refractivity contribution in [1.29, 1.82) is 0 Å². The van der Waals surface area contributed by atoms with Crippen LogP contribution < -0.4 is 19.7 Å². The third-order valence-electron chi connectivity index (χ3n) is 15.8. The number of para-hydroxylation sites is 1. The van der Waals surface area contributed by atoms with Crippen LogP contribution in [-0.2, 0) is 27.1 Å². The van der Waals surface area contributed by atoms with Gasteiger partial charge in [0.05, 0.1) is 30.5 Å². The van der Waals surface area contributed by atoms with Crippen molar-refractivity contribution in [1.82, 2.24) is 9.55 Å². The number of ether oxygens (including phenoxy) is 1. The highest BCUT2D eigenvalue weighted by molar-refractivity contribution is 6.88. The number of aromatic nitrogens is 2. The van der Waals surface area contributed by atoms with Crippen LogP contribution in [0.25, 0.3) is 49.9 Å². The number of rotatable bonds is 8. The van der Waals surface area contributed by atoms with Crippen molar-refractivity contribution in [3.05, 3.63) is 186 Å². The van der Waals surface area contributed by atoms with E-state index in [0.717, 1.165) is 39.4 Å². The maximum atomic E-state index is 7.01. The molecule has 0 saturated carbocycles. The number of anilines is 4. The summed E-state index contributed by atoms with van der Waals surface area (Å²) in [6, 6.07) is 57.2. The summed E-state index contributed by atoms with van der Waals surface area (Å²) in [6.07, 6.45) is 1.95. The Hall–Kier alpha value is -6.89. The minimum Gasteiger partial charge on any atom is -0.457 e. The zero-order chi connectivity index (χ0) is 55.4. The fraction of sp³-hybridized carbons (Fsp3) is 0.338. The molecule has 5 nitrogen and oxygen atoms in total. The average molecular weight is 1040 g/mol. The molecule has 0 unspecified atom stereocenters. The van der Waals surface area contributed by atoms with Crippen LogP contribution in [0.4, 0.5) is 22.7 Å². The van der Waals surface area contributed by atoms with Gasteiger partial charge in [0.25, 0.3) is 0 Å². The quantitative estimate of drug-likeness (QED) is 0.142. The maximum Gasteiger partial charge on any atom is 0.137 e. The zero-order valence-corrected chi connectivity index (χ0v) is 50.4. The molecule has 3 heterocycles. The molecule has 0 fully saturated rings. The van der Waals surface area contributed by atoms with Gasteiger partial charge in [0.1, 0.15) is 24.0 Å². The molecule has 77 heavy (non-hydrogen) atoms. The highest BCUT2D eigenvalue weighted by Crippen LogP contribution is 2.51. The monoisotopic (exact) mass is 1030 g/mol. The van der Waals surface area contributed by atoms with Gasteiger partial charge in [-0.15, -0.1) is 0 Å². The summed E-state index contributed by atoms with van der Waals surface area (Å²) in [5.74, 6) is 2.43. The van der Waals surface area contributed by atoms with Crippen molar-refractivity contribution < 1.29 is 4.74 Å². The molecule has 7 aromatic carbocycles. The van der Waals surface area contributed by atoms with Gasteiger partial charge >= 0.3 is 0 Å². The lowest BCUT2D eigenvalue weighted by molar-refractivity contribution is 0.483. The topological polar surface area (TPSA) is 33.5 Å². The van der Waals surface area contributed by atoms with Crippen LogP contribution in [0.5, 0.6) is 11.5 Å². The van der Waals surface area contributed by atoms with Crippen LogP contribution in [0.3, 0.4) is 0 Å². The smallest absolute Gasteiger partial charge is 0.137 e. The molecule has 6 heteroatoms. The normalized spacial score (nSPS) is 13.7. The minimum atomic E-state index is -1.59. The Morgan fingerprint density at radius 2 is 1.03 bits per heavy atom. The summed E-state index contributed by atoms with van der Waals surface area (Å²) >= 11 is 0. The molecule has 0 spiro atoms. The van der Waals surface area contributed by atoms with Gasteiger partial charge in [-0.3, -0.25) is 4.57 Å². The summed E-state index contributed by atoms with van der Waals surface area (Å²) in [5.41, 5.74) is 18.3. The van der Waals surface area contributed by atoms with E-state index in [0.29, 0.717) is 6.67 Å². The SMILES string of the molecule is CC(C)(C)c1cc(-c2ccc3c(c2)c2ccc(Oc4cccc(N5CN(c6cc(C(C)(C)C)cc(C(C)(C)C)c6)c6c(-c7cccc([Si](C)(C)C)c7)cccc65)c4)cc2n3-c2cc(C(C)(C)C)ccn2)cc(C(C)(C)C)c1. The Bertz CT molecular complexity index is 3660. The summed E-state index contributed by atoms with van der Waals surface area (Å²) in [4.78, 5) is 10.1. The van der Waals surface area contributed by atoms with Crippen LogP contribution in [0, 0.1) is 0 Å². The van der Waals surface area contributed by atoms with Crippen molar-refractivity contribution in [3.8, 4) is 39.6 Å². The van der Waals surface area contributed by atoms with E-state index < -0.39 is 8.07 Å². The highest BCUT2D eigenvalue weighted by Gasteiger charge is 2.34. The van der Waals surface area contributed by atoms with Gasteiger partial charge in [-0.1, -0.05) is 201 Å². The number of pyridine rings is 1. The lowest BCUT2D eigenvalue weighted by Crippen LogP contribution is -2.37. The fourth-order valence-electron chi connectivity index (χ4n) is 10.8. The van der Waals surface area contributed by atoms with Gasteiger partial charge in [-0.2, -0.15) is 0 Å². The first kappa shape index (κ1) is 53.5. The van der Waals surface area contributed by atoms with E-state index in [-0.39, 0.29) is 27.1 Å². The van der Waals surface area contributed by atoms with Crippen LogP contribution in [-0.4, -0.2) is 24.3 Å². The lowest BCUT2D eigenvalue weighted by atomic mass is 9.79. The average Bonchev–Trinajstić information content (AvgIpc) is 3.98. The van der Waals surface area contributed by atoms with Crippen molar-refractivity contribution in [2.75, 3.05) is 16.5 Å². The van der Waals surface area contributed by atoms with Crippen molar-refractivity contribution in [3.63, 3.8) is 0 Å². The summed E-state index contributed by atoms with van der Waals surface area (Å²) in [5, 5.41) is 3.79. The molecule has 0 saturated heterocycles. The second-order valence-corrected chi connectivity index (χ2v) is 33.1. The van der Waals surface area contributed by atoms with E-state index in [4.69, 9.17) is 9.72 Å². The molecule has 0 bridgehead atoms. The Kier molecular flexibility index (Phi) is 13.2. The van der Waals surface area contributed by atoms with E-state index >= 15 is 0 Å². The van der Waals surface area contributed by atoms with Crippen LogP contribution >= 0.6 is 0 Å². The van der Waals surface area contributed by atoms with Gasteiger partial charge in [0.2, 0.25) is 0 Å². The standard InChI is InChI=1S/C71H82N4OSi/c1-67(2,3)49-32-33-72-65(42-49)75-62-31-28-46(48-34-50(68(4,5)6)38-51(35-48)69(7,8)9)37-61(62)60-30-29-57(44-64(60)75)76-56-24-20-23-54(43-56)73-45-74(55-40-52(70(10,11)12)39-53(41-55)71(13,14)15)66-59(26-21-27-63(66)73)47-22-19-25-58(36-47)77(16,17)18/h19-44H,45H2,1-18H3. The zero-order valence-electron chi connectivity index (χ0n) is 49.4. The predicted octanol–water partition coefficient (Wildman–Crippen LogP) is 19.6. The Labute approximate surface area is 462 Å². The number of benzene rings is 7. The molecule has 2 aromatic heterocycles. The first-order chi connectivity index (χ1) is 35.9. The number of nitrogens with zero attached hydrogens (tertiary/aromatic N) is 4. The molecular weight excluding hydrogens is 953 g/mol. The molecule has 0 amide bonds. The van der Waals surface area contributed by atoms with E-state index in [1.54, 1.807) is 0 Å². The minimum absolute atomic E-state index is 0.00787. The molecule has 10 rings (SSSR count). The Balaban J connectivity index is 1.09. The van der Waals surface area contributed by atoms with E-state index in [1.165, 1.54) is 77.7 Å². The summed E-state index contributed by atoms with van der Waals surface area (Å²) in [6.45, 7) is 42.5. The molecule has 9 aromatic rings. The molecule has 0 aliphatic carbocycles. The molecule has 396 valence electrons. The second kappa shape index (κ2) is 18.9. The van der Waals surface area contributed by atoms with Crippen molar-refractivity contribution in [2.24, 2.45) is 0 Å². The molecule has 0 atom stereocenters. The molecule has 1 aliphatic rings. The molecule has 0 N–H and O–H groups in total. The van der Waals surface area contributed by atoms with Crippen molar-refractivity contribution in [2.45, 2.75) is 151 Å². The number of hydrogen-bond donors (Lipinski definition) is 0. The Morgan fingerprint density at radius 3 is 1.65 bits per heavy atom. The molecule has 0 radical (unpaired) electrons. The van der Waals surface area contributed by atoms with Gasteiger partial charge in [-0.25, -0.2) is 4.98 Å². The first-order valence-electron chi connectivity index (χ1n) is 27.9. The van der Waals surface area contributed by atoms with Crippen LogP contribution in [0.2, 0.25) is 19.6 Å². The summed E-state index contributed by atoms with van der Waals surface area (Å²) < 4.78 is 9.33. The second-order valence-electron chi connectivity index (χ2n) is 28.1. The number of fused-ring (bicyclic) bond motifs is 4. The molecule has 1 aliphatic heterocycles. The third kappa shape index (κ3) is 10.6. The highest BCUT2D eigenvalue weighted by atomic mass is 28.3. The van der Waals surface area contributed by atoms with E-state index in [2.05, 4.69) is 290 Å². The van der Waals surface area contributed by atoms with E-state index in [9.17, 15) is 0 Å². The van der Waals surface area contributed by atoms with Gasteiger partial charge < -0.3 is 14.5 Å². The maximum absolute atomic E-state index is 7.01. The lowest BCUT2D eigenvalue weighted by Gasteiger charge is -2.30. The van der Waals surface area contributed by atoms with Crippen LogP contribution in [0.15, 0.2) is 158 Å². The summed E-state index contributed by atoms with van der Waals surface area (Å²) in [7, 11) is -1.59. The first-order valence-corrected chi connectivity index (χ1v) is 31.4. The van der Waals surface area contributed by atoms with E-state index in [1.807, 2.05) is 6.20 Å². The predicted molar refractivity (Wildman–Crippen MR) is 334 cm³/mol. The largest absolute Gasteiger partial charge is 0.457 e. The van der Waals surface area contributed by atoms with Gasteiger partial charge in [-0.05, 0) is 138 Å². The fourth-order valence-corrected chi connectivity index (χ4v) is 12.0. The molecular formula is C71H82N4OSi. The van der Waals surface area contributed by atoms with Crippen LogP contribution in [0.1, 0.15) is 132 Å². The number of hydrogen-bond acceptors (Lipinski definition) is 4. The van der Waals surface area contributed by atoms with Gasteiger partial charge in [0.15, 0.2) is 0 Å². The third-order valence-corrected chi connectivity index (χ3v) is 17.8. The Morgan fingerprint density at radius 1 is 0.429 bits per heavy atom.